The van der Waals surface area contributed by atoms with E-state index in [9.17, 15) is 0 Å². The lowest BCUT2D eigenvalue weighted by Gasteiger charge is -2.37. The summed E-state index contributed by atoms with van der Waals surface area (Å²) >= 11 is 0. The molecule has 0 amide bonds. The largest absolute Gasteiger partial charge is 0.396 e. The first kappa shape index (κ1) is 12.0. The Morgan fingerprint density at radius 2 is 2.00 bits per heavy atom. The van der Waals surface area contributed by atoms with Crippen LogP contribution >= 0.6 is 0 Å². The van der Waals surface area contributed by atoms with Gasteiger partial charge < -0.3 is 16.2 Å². The van der Waals surface area contributed by atoms with Gasteiger partial charge in [-0.05, 0) is 46.0 Å². The van der Waals surface area contributed by atoms with E-state index < -0.39 is 0 Å². The Kier molecular flexibility index (Phi) is 3.93. The molecule has 3 atom stereocenters. The first-order valence-electron chi connectivity index (χ1n) is 5.56. The minimum absolute atomic E-state index is 0.159. The summed E-state index contributed by atoms with van der Waals surface area (Å²) in [6, 6.07) is 0.713. The summed E-state index contributed by atoms with van der Waals surface area (Å²) in [5.41, 5.74) is 6.09. The van der Waals surface area contributed by atoms with Crippen molar-refractivity contribution in [2.24, 2.45) is 11.7 Å². The molecule has 0 aliphatic heterocycles. The minimum Gasteiger partial charge on any atom is -0.396 e. The van der Waals surface area contributed by atoms with Gasteiger partial charge in [0.15, 0.2) is 0 Å². The average Bonchev–Trinajstić information content (AvgIpc) is 2.06. The first-order chi connectivity index (χ1) is 6.42. The zero-order valence-electron chi connectivity index (χ0n) is 9.59. The Bertz CT molecular complexity index is 177. The molecule has 0 bridgehead atoms. The van der Waals surface area contributed by atoms with Crippen molar-refractivity contribution in [1.82, 2.24) is 5.32 Å². The number of nitrogens with one attached hydrogen (secondary N) is 1. The van der Waals surface area contributed by atoms with E-state index in [4.69, 9.17) is 10.8 Å². The Morgan fingerprint density at radius 1 is 1.36 bits per heavy atom. The quantitative estimate of drug-likeness (QED) is 0.620. The molecule has 3 unspecified atom stereocenters. The molecular formula is C11H24N2O. The maximum atomic E-state index is 9.17. The second-order valence-corrected chi connectivity index (χ2v) is 5.51. The first-order valence-corrected chi connectivity index (χ1v) is 5.56. The van der Waals surface area contributed by atoms with Gasteiger partial charge in [0.1, 0.15) is 0 Å². The molecule has 1 fully saturated rings. The number of nitrogens with two attached hydrogens (primary N) is 1. The van der Waals surface area contributed by atoms with Gasteiger partial charge in [-0.15, -0.1) is 0 Å². The van der Waals surface area contributed by atoms with E-state index in [1.54, 1.807) is 0 Å². The summed E-state index contributed by atoms with van der Waals surface area (Å²) < 4.78 is 0. The monoisotopic (exact) mass is 200 g/mol. The van der Waals surface area contributed by atoms with Crippen LogP contribution in [0.25, 0.3) is 0 Å². The minimum atomic E-state index is 0.159. The van der Waals surface area contributed by atoms with E-state index >= 15 is 0 Å². The van der Waals surface area contributed by atoms with Crippen molar-refractivity contribution in [3.63, 3.8) is 0 Å². The molecule has 0 aromatic carbocycles. The van der Waals surface area contributed by atoms with E-state index in [0.717, 1.165) is 19.3 Å². The van der Waals surface area contributed by atoms with Crippen molar-refractivity contribution in [3.8, 4) is 0 Å². The molecule has 3 nitrogen and oxygen atoms in total. The molecule has 0 heterocycles. The van der Waals surface area contributed by atoms with Gasteiger partial charge in [0, 0.05) is 24.2 Å². The molecule has 0 saturated heterocycles. The van der Waals surface area contributed by atoms with Crippen LogP contribution in [-0.4, -0.2) is 29.3 Å². The lowest BCUT2D eigenvalue weighted by atomic mass is 9.82. The molecule has 0 aromatic rings. The maximum Gasteiger partial charge on any atom is 0.0474 e. The summed E-state index contributed by atoms with van der Waals surface area (Å²) in [7, 11) is 0. The summed E-state index contributed by atoms with van der Waals surface area (Å²) in [4.78, 5) is 0. The highest BCUT2D eigenvalue weighted by molar-refractivity contribution is 4.88. The van der Waals surface area contributed by atoms with E-state index in [-0.39, 0.29) is 24.1 Å². The lowest BCUT2D eigenvalue weighted by molar-refractivity contribution is 0.142. The fraction of sp³-hybridized carbons (Fsp3) is 1.00. The molecule has 84 valence electrons. The molecular weight excluding hydrogens is 176 g/mol. The third-order valence-corrected chi connectivity index (χ3v) is 2.91. The molecule has 1 rings (SSSR count). The van der Waals surface area contributed by atoms with Crippen molar-refractivity contribution >= 4 is 0 Å². The second-order valence-electron chi connectivity index (χ2n) is 5.51. The van der Waals surface area contributed by atoms with Gasteiger partial charge in [-0.1, -0.05) is 0 Å². The van der Waals surface area contributed by atoms with Crippen LogP contribution in [0.2, 0.25) is 0 Å². The average molecular weight is 200 g/mol. The summed E-state index contributed by atoms with van der Waals surface area (Å²) in [5, 5.41) is 12.7. The van der Waals surface area contributed by atoms with Crippen molar-refractivity contribution in [3.05, 3.63) is 0 Å². The van der Waals surface area contributed by atoms with Crippen LogP contribution in [-0.2, 0) is 0 Å². The maximum absolute atomic E-state index is 9.17. The SMILES string of the molecule is CC(C)(C)NC1CCC(N)C(CO)C1. The molecule has 3 heteroatoms. The lowest BCUT2D eigenvalue weighted by Crippen LogP contribution is -2.50. The smallest absolute Gasteiger partial charge is 0.0474 e. The van der Waals surface area contributed by atoms with Gasteiger partial charge in [-0.2, -0.15) is 0 Å². The number of aliphatic hydroxyl groups excluding tert-OH is 1. The third kappa shape index (κ3) is 3.56. The van der Waals surface area contributed by atoms with Crippen LogP contribution in [0.4, 0.5) is 0 Å². The predicted molar refractivity (Wildman–Crippen MR) is 59.1 cm³/mol. The summed E-state index contributed by atoms with van der Waals surface area (Å²) in [6.45, 7) is 6.75. The fourth-order valence-electron chi connectivity index (χ4n) is 2.24. The molecule has 4 N–H and O–H groups in total. The van der Waals surface area contributed by atoms with Crippen molar-refractivity contribution in [2.75, 3.05) is 6.61 Å². The van der Waals surface area contributed by atoms with Crippen LogP contribution in [0, 0.1) is 5.92 Å². The highest BCUT2D eigenvalue weighted by Gasteiger charge is 2.29. The zero-order chi connectivity index (χ0) is 10.8. The van der Waals surface area contributed by atoms with Gasteiger partial charge in [-0.3, -0.25) is 0 Å². The van der Waals surface area contributed by atoms with E-state index in [0.29, 0.717) is 6.04 Å². The van der Waals surface area contributed by atoms with Gasteiger partial charge >= 0.3 is 0 Å². The van der Waals surface area contributed by atoms with Gasteiger partial charge in [0.25, 0.3) is 0 Å². The van der Waals surface area contributed by atoms with Crippen LogP contribution in [0.15, 0.2) is 0 Å². The molecule has 0 radical (unpaired) electrons. The van der Waals surface area contributed by atoms with Crippen LogP contribution in [0.3, 0.4) is 0 Å². The number of hydrogen-bond donors (Lipinski definition) is 3. The van der Waals surface area contributed by atoms with E-state index in [1.807, 2.05) is 0 Å². The van der Waals surface area contributed by atoms with Crippen LogP contribution in [0.1, 0.15) is 40.0 Å². The molecule has 0 aromatic heterocycles. The van der Waals surface area contributed by atoms with Gasteiger partial charge in [-0.25, -0.2) is 0 Å². The normalized spacial score (nSPS) is 34.5. The van der Waals surface area contributed by atoms with E-state index in [1.165, 1.54) is 0 Å². The number of aliphatic hydroxyl groups is 1. The molecule has 14 heavy (non-hydrogen) atoms. The Morgan fingerprint density at radius 3 is 2.50 bits per heavy atom. The molecule has 0 spiro atoms. The summed E-state index contributed by atoms with van der Waals surface area (Å²) in [5.74, 6) is 0.281. The Hall–Kier alpha value is -0.120. The van der Waals surface area contributed by atoms with Gasteiger partial charge in [0.05, 0.1) is 0 Å². The van der Waals surface area contributed by atoms with Gasteiger partial charge in [0.2, 0.25) is 0 Å². The molecule has 1 aliphatic rings. The van der Waals surface area contributed by atoms with E-state index in [2.05, 4.69) is 26.1 Å². The number of hydrogen-bond acceptors (Lipinski definition) is 3. The molecule has 1 aliphatic carbocycles. The summed E-state index contributed by atoms with van der Waals surface area (Å²) in [6.07, 6.45) is 3.17. The Labute approximate surface area is 87.1 Å². The van der Waals surface area contributed by atoms with Crippen molar-refractivity contribution in [1.29, 1.82) is 0 Å². The predicted octanol–water partition coefficient (Wildman–Crippen LogP) is 0.863. The highest BCUT2D eigenvalue weighted by Crippen LogP contribution is 2.24. The standard InChI is InChI=1S/C11H24N2O/c1-11(2,3)13-9-4-5-10(12)8(6-9)7-14/h8-10,13-14H,4-7,12H2,1-3H3. The second kappa shape index (κ2) is 4.60. The Balaban J connectivity index is 2.43. The van der Waals surface area contributed by atoms with Crippen LogP contribution in [0.5, 0.6) is 0 Å². The van der Waals surface area contributed by atoms with Crippen LogP contribution < -0.4 is 11.1 Å². The van der Waals surface area contributed by atoms with Crippen molar-refractivity contribution < 1.29 is 5.11 Å². The highest BCUT2D eigenvalue weighted by atomic mass is 16.3. The molecule has 1 saturated carbocycles. The zero-order valence-corrected chi connectivity index (χ0v) is 9.59. The fourth-order valence-corrected chi connectivity index (χ4v) is 2.24. The third-order valence-electron chi connectivity index (χ3n) is 2.91. The topological polar surface area (TPSA) is 58.3 Å². The number of rotatable bonds is 2. The van der Waals surface area contributed by atoms with Crippen molar-refractivity contribution in [2.45, 2.75) is 57.7 Å².